The summed E-state index contributed by atoms with van der Waals surface area (Å²) in [7, 11) is 2.15. The van der Waals surface area contributed by atoms with Crippen LogP contribution < -0.4 is 5.32 Å². The van der Waals surface area contributed by atoms with Crippen molar-refractivity contribution in [1.29, 1.82) is 0 Å². The van der Waals surface area contributed by atoms with E-state index in [1.807, 2.05) is 0 Å². The van der Waals surface area contributed by atoms with E-state index in [4.69, 9.17) is 0 Å². The third-order valence-electron chi connectivity index (χ3n) is 3.62. The fraction of sp³-hybridized carbons (Fsp3) is 0.833. The maximum atomic E-state index is 11.3. The molecule has 2 fully saturated rings. The smallest absolute Gasteiger partial charge is 0.315 e. The predicted octanol–water partition coefficient (Wildman–Crippen LogP) is 0.409. The van der Waals surface area contributed by atoms with Crippen molar-refractivity contribution >= 4 is 36.8 Å². The van der Waals surface area contributed by atoms with Crippen LogP contribution in [0.5, 0.6) is 0 Å². The van der Waals surface area contributed by atoms with Gasteiger partial charge < -0.3 is 14.7 Å². The zero-order valence-electron chi connectivity index (χ0n) is 11.8. The van der Waals surface area contributed by atoms with Crippen LogP contribution in [0.15, 0.2) is 0 Å². The van der Waals surface area contributed by atoms with Crippen molar-refractivity contribution in [2.75, 3.05) is 52.9 Å². The van der Waals surface area contributed by atoms with Gasteiger partial charge in [0, 0.05) is 32.7 Å². The number of likely N-dealkylation sites (N-methyl/N-ethyl adjacent to an activating group) is 1. The number of amides is 3. The van der Waals surface area contributed by atoms with E-state index >= 15 is 0 Å². The number of piperazine rings is 1. The number of urea groups is 1. The number of nitrogens with one attached hydrogen (secondary N) is 1. The van der Waals surface area contributed by atoms with Crippen LogP contribution >= 0.6 is 24.8 Å². The van der Waals surface area contributed by atoms with Gasteiger partial charge in [-0.2, -0.15) is 0 Å². The minimum Gasteiger partial charge on any atom is -0.315 e. The highest BCUT2D eigenvalue weighted by Crippen LogP contribution is 2.04. The van der Waals surface area contributed by atoms with Crippen LogP contribution in [-0.4, -0.2) is 79.5 Å². The Morgan fingerprint density at radius 1 is 1.00 bits per heavy atom. The van der Waals surface area contributed by atoms with Gasteiger partial charge in [-0.15, -0.1) is 24.8 Å². The van der Waals surface area contributed by atoms with Crippen LogP contribution in [0, 0.1) is 0 Å². The number of nitrogens with zero attached hydrogens (tertiary/aromatic N) is 3. The van der Waals surface area contributed by atoms with Gasteiger partial charge >= 0.3 is 6.03 Å². The molecule has 0 radical (unpaired) electrons. The third kappa shape index (κ3) is 5.83. The standard InChI is InChI=1S/C12H22N4O2.2ClH/c1-14-6-8-15(9-7-14)4-2-3-5-16-10-11(17)13-12(16)18;;/h2-10H2,1H3,(H,13,17,18);2*1H. The average molecular weight is 327 g/mol. The molecule has 0 aromatic heterocycles. The Morgan fingerprint density at radius 3 is 2.15 bits per heavy atom. The molecule has 0 aromatic carbocycles. The number of unbranched alkanes of at least 4 members (excludes halogenated alkanes) is 1. The van der Waals surface area contributed by atoms with E-state index in [-0.39, 0.29) is 43.3 Å². The minimum atomic E-state index is -0.236. The SMILES string of the molecule is CN1CCN(CCCCN2CC(=O)NC2=O)CC1.Cl.Cl. The van der Waals surface area contributed by atoms with Crippen molar-refractivity contribution < 1.29 is 9.59 Å². The van der Waals surface area contributed by atoms with Gasteiger partial charge in [0.2, 0.25) is 5.91 Å². The molecule has 2 saturated heterocycles. The van der Waals surface area contributed by atoms with Crippen LogP contribution in [0.3, 0.4) is 0 Å². The van der Waals surface area contributed by atoms with Gasteiger partial charge in [0.1, 0.15) is 6.54 Å². The van der Waals surface area contributed by atoms with E-state index in [0.717, 1.165) is 45.6 Å². The average Bonchev–Trinajstić information content (AvgIpc) is 2.66. The van der Waals surface area contributed by atoms with Gasteiger partial charge in [-0.3, -0.25) is 10.1 Å². The van der Waals surface area contributed by atoms with Gasteiger partial charge in [-0.1, -0.05) is 0 Å². The van der Waals surface area contributed by atoms with E-state index in [1.54, 1.807) is 4.90 Å². The molecule has 8 heteroatoms. The molecule has 0 spiro atoms. The lowest BCUT2D eigenvalue weighted by molar-refractivity contribution is -0.118. The van der Waals surface area contributed by atoms with Crippen molar-refractivity contribution in [3.63, 3.8) is 0 Å². The van der Waals surface area contributed by atoms with Gasteiger partial charge in [0.25, 0.3) is 0 Å². The molecule has 2 aliphatic heterocycles. The summed E-state index contributed by atoms with van der Waals surface area (Å²) in [6.45, 7) is 6.57. The molecule has 0 bridgehead atoms. The second-order valence-corrected chi connectivity index (χ2v) is 5.13. The summed E-state index contributed by atoms with van der Waals surface area (Å²) in [6.07, 6.45) is 2.05. The Kier molecular flexibility index (Phi) is 9.13. The molecular formula is C12H24Cl2N4O2. The summed E-state index contributed by atoms with van der Waals surface area (Å²) < 4.78 is 0. The van der Waals surface area contributed by atoms with Crippen LogP contribution in [0.1, 0.15) is 12.8 Å². The van der Waals surface area contributed by atoms with Gasteiger partial charge in [0.05, 0.1) is 0 Å². The molecule has 0 atom stereocenters. The number of rotatable bonds is 5. The van der Waals surface area contributed by atoms with Crippen LogP contribution in [0.4, 0.5) is 4.79 Å². The van der Waals surface area contributed by atoms with Gasteiger partial charge in [-0.05, 0) is 26.4 Å². The molecule has 118 valence electrons. The largest absolute Gasteiger partial charge is 0.324 e. The molecule has 0 saturated carbocycles. The molecular weight excluding hydrogens is 303 g/mol. The quantitative estimate of drug-likeness (QED) is 0.587. The first-order chi connectivity index (χ1) is 8.65. The zero-order valence-corrected chi connectivity index (χ0v) is 13.5. The highest BCUT2D eigenvalue weighted by Gasteiger charge is 2.25. The van der Waals surface area contributed by atoms with E-state index in [1.165, 1.54) is 0 Å². The van der Waals surface area contributed by atoms with E-state index in [2.05, 4.69) is 22.2 Å². The molecule has 0 aliphatic carbocycles. The second kappa shape index (κ2) is 9.39. The summed E-state index contributed by atoms with van der Waals surface area (Å²) in [6, 6.07) is -0.236. The van der Waals surface area contributed by atoms with Crippen LogP contribution in [-0.2, 0) is 4.79 Å². The number of hydrogen-bond donors (Lipinski definition) is 1. The topological polar surface area (TPSA) is 55.9 Å². The lowest BCUT2D eigenvalue weighted by Gasteiger charge is -2.32. The number of hydrogen-bond acceptors (Lipinski definition) is 4. The molecule has 2 aliphatic rings. The van der Waals surface area contributed by atoms with Gasteiger partial charge in [0.15, 0.2) is 0 Å². The predicted molar refractivity (Wildman–Crippen MR) is 82.8 cm³/mol. The van der Waals surface area contributed by atoms with E-state index in [0.29, 0.717) is 6.54 Å². The number of carbonyl (C=O) groups is 2. The Morgan fingerprint density at radius 2 is 1.60 bits per heavy atom. The molecule has 6 nitrogen and oxygen atoms in total. The normalized spacial score (nSPS) is 20.4. The second-order valence-electron chi connectivity index (χ2n) is 5.13. The number of carbonyl (C=O) groups excluding carboxylic acids is 2. The van der Waals surface area contributed by atoms with Crippen LogP contribution in [0.25, 0.3) is 0 Å². The molecule has 0 unspecified atom stereocenters. The lowest BCUT2D eigenvalue weighted by Crippen LogP contribution is -2.44. The van der Waals surface area contributed by atoms with Crippen molar-refractivity contribution in [2.45, 2.75) is 12.8 Å². The number of imide groups is 1. The highest BCUT2D eigenvalue weighted by atomic mass is 35.5. The molecule has 2 heterocycles. The molecule has 2 rings (SSSR count). The van der Waals surface area contributed by atoms with Crippen molar-refractivity contribution in [3.8, 4) is 0 Å². The third-order valence-corrected chi connectivity index (χ3v) is 3.62. The van der Waals surface area contributed by atoms with E-state index in [9.17, 15) is 9.59 Å². The molecule has 3 amide bonds. The van der Waals surface area contributed by atoms with Crippen molar-refractivity contribution in [2.24, 2.45) is 0 Å². The lowest BCUT2D eigenvalue weighted by atomic mass is 10.2. The fourth-order valence-electron chi connectivity index (χ4n) is 2.37. The molecule has 1 N–H and O–H groups in total. The van der Waals surface area contributed by atoms with Gasteiger partial charge in [-0.25, -0.2) is 4.79 Å². The maximum Gasteiger partial charge on any atom is 0.324 e. The Bertz CT molecular complexity index is 323. The Labute approximate surface area is 132 Å². The first kappa shape index (κ1) is 19.4. The summed E-state index contributed by atoms with van der Waals surface area (Å²) in [5.41, 5.74) is 0. The van der Waals surface area contributed by atoms with Crippen LogP contribution in [0.2, 0.25) is 0 Å². The minimum absolute atomic E-state index is 0. The summed E-state index contributed by atoms with van der Waals surface area (Å²) in [5, 5.41) is 2.29. The number of halogens is 2. The first-order valence-electron chi connectivity index (χ1n) is 6.65. The van der Waals surface area contributed by atoms with Crippen molar-refractivity contribution in [3.05, 3.63) is 0 Å². The summed E-state index contributed by atoms with van der Waals surface area (Å²) >= 11 is 0. The Balaban J connectivity index is 0.00000180. The monoisotopic (exact) mass is 326 g/mol. The molecule has 20 heavy (non-hydrogen) atoms. The van der Waals surface area contributed by atoms with E-state index < -0.39 is 0 Å². The fourth-order valence-corrected chi connectivity index (χ4v) is 2.37. The summed E-state index contributed by atoms with van der Waals surface area (Å²) in [4.78, 5) is 28.7. The maximum absolute atomic E-state index is 11.3. The molecule has 0 aromatic rings. The first-order valence-corrected chi connectivity index (χ1v) is 6.65. The zero-order chi connectivity index (χ0) is 13.0. The van der Waals surface area contributed by atoms with Crippen molar-refractivity contribution in [1.82, 2.24) is 20.0 Å². The summed E-state index contributed by atoms with van der Waals surface area (Å²) in [5.74, 6) is -0.181. The Hall–Kier alpha value is -0.560. The highest BCUT2D eigenvalue weighted by molar-refractivity contribution is 6.01.